The molecule has 2 aliphatic heterocycles. The topological polar surface area (TPSA) is 6.48 Å². The molecule has 2 aliphatic rings. The maximum Gasteiger partial charge on any atom is 0.0534 e. The summed E-state index contributed by atoms with van der Waals surface area (Å²) < 4.78 is 0. The van der Waals surface area contributed by atoms with E-state index in [0.29, 0.717) is 0 Å². The van der Waals surface area contributed by atoms with Gasteiger partial charge >= 0.3 is 0 Å². The largest absolute Gasteiger partial charge is 0.309 e. The van der Waals surface area contributed by atoms with Gasteiger partial charge in [-0.2, -0.15) is 0 Å². The molecule has 0 atom stereocenters. The third kappa shape index (κ3) is 5.42. The molecule has 12 rings (SSSR count). The van der Waals surface area contributed by atoms with Gasteiger partial charge in [0.2, 0.25) is 0 Å². The van der Waals surface area contributed by atoms with Crippen LogP contribution in [0.25, 0.3) is 78.9 Å². The number of nitrogens with zero attached hydrogens (tertiary/aromatic N) is 2. The molecule has 2 nitrogen and oxygen atoms in total. The summed E-state index contributed by atoms with van der Waals surface area (Å²) in [6.07, 6.45) is 8.97. The van der Waals surface area contributed by atoms with Crippen molar-refractivity contribution in [1.82, 2.24) is 0 Å². The summed E-state index contributed by atoms with van der Waals surface area (Å²) >= 11 is 0. The highest BCUT2D eigenvalue weighted by Crippen LogP contribution is 2.51. The zero-order valence-electron chi connectivity index (χ0n) is 32.8. The maximum atomic E-state index is 2.44. The smallest absolute Gasteiger partial charge is 0.0534 e. The molecule has 2 heterocycles. The van der Waals surface area contributed by atoms with Crippen LogP contribution in [0.4, 0.5) is 34.1 Å². The minimum Gasteiger partial charge on any atom is -0.309 e. The molecule has 0 fully saturated rings. The summed E-state index contributed by atoms with van der Waals surface area (Å²) in [6.45, 7) is 0. The lowest BCUT2D eigenvalue weighted by Gasteiger charge is -2.29. The van der Waals surface area contributed by atoms with Crippen molar-refractivity contribution < 1.29 is 0 Å². The number of para-hydroxylation sites is 4. The lowest BCUT2D eigenvalue weighted by Crippen LogP contribution is -2.12. The van der Waals surface area contributed by atoms with Crippen LogP contribution >= 0.6 is 0 Å². The van der Waals surface area contributed by atoms with Crippen molar-refractivity contribution in [2.45, 2.75) is 0 Å². The maximum absolute atomic E-state index is 2.44. The van der Waals surface area contributed by atoms with Crippen molar-refractivity contribution in [2.24, 2.45) is 0 Å². The van der Waals surface area contributed by atoms with Crippen molar-refractivity contribution in [2.75, 3.05) is 9.80 Å². The Morgan fingerprint density at radius 1 is 0.267 bits per heavy atom. The summed E-state index contributed by atoms with van der Waals surface area (Å²) in [7, 11) is 0. The Hall–Kier alpha value is -7.94. The molecule has 280 valence electrons. The van der Waals surface area contributed by atoms with E-state index in [2.05, 4.69) is 240 Å². The molecule has 0 spiro atoms. The predicted molar refractivity (Wildman–Crippen MR) is 257 cm³/mol. The minimum absolute atomic E-state index is 1.11. The molecule has 60 heavy (non-hydrogen) atoms. The second-order valence-corrected chi connectivity index (χ2v) is 15.7. The Labute approximate surface area is 349 Å². The monoisotopic (exact) mass is 762 g/mol. The fraction of sp³-hybridized carbons (Fsp3) is 0. The van der Waals surface area contributed by atoms with Crippen molar-refractivity contribution in [3.63, 3.8) is 0 Å². The van der Waals surface area contributed by atoms with Crippen molar-refractivity contribution in [3.05, 3.63) is 229 Å². The number of hydrogen-bond acceptors (Lipinski definition) is 2. The first-order valence-electron chi connectivity index (χ1n) is 20.7. The second kappa shape index (κ2) is 13.9. The van der Waals surface area contributed by atoms with E-state index in [-0.39, 0.29) is 0 Å². The van der Waals surface area contributed by atoms with E-state index < -0.39 is 0 Å². The first-order valence-corrected chi connectivity index (χ1v) is 20.7. The normalized spacial score (nSPS) is 12.8. The van der Waals surface area contributed by atoms with Crippen LogP contribution in [0, 0.1) is 0 Å². The van der Waals surface area contributed by atoms with Gasteiger partial charge < -0.3 is 9.80 Å². The van der Waals surface area contributed by atoms with Crippen LogP contribution in [0.5, 0.6) is 0 Å². The van der Waals surface area contributed by atoms with E-state index in [9.17, 15) is 0 Å². The molecular formula is C58H38N2. The molecule has 0 radical (unpaired) electrons. The highest BCUT2D eigenvalue weighted by Gasteiger charge is 2.25. The summed E-state index contributed by atoms with van der Waals surface area (Å²) in [5.41, 5.74) is 16.5. The Balaban J connectivity index is 1.22. The molecule has 0 saturated carbocycles. The lowest BCUT2D eigenvalue weighted by atomic mass is 9.84. The molecule has 0 aromatic heterocycles. The first-order chi connectivity index (χ1) is 29.8. The van der Waals surface area contributed by atoms with Gasteiger partial charge in [0.1, 0.15) is 0 Å². The lowest BCUT2D eigenvalue weighted by molar-refractivity contribution is 1.28. The van der Waals surface area contributed by atoms with Crippen LogP contribution < -0.4 is 9.80 Å². The van der Waals surface area contributed by atoms with Crippen molar-refractivity contribution >= 4 is 90.7 Å². The second-order valence-electron chi connectivity index (χ2n) is 15.7. The average Bonchev–Trinajstić information content (AvgIpc) is 3.59. The van der Waals surface area contributed by atoms with Crippen molar-refractivity contribution in [3.8, 4) is 22.3 Å². The van der Waals surface area contributed by atoms with E-state index in [0.717, 1.165) is 34.1 Å². The van der Waals surface area contributed by atoms with Gasteiger partial charge in [0.05, 0.1) is 22.7 Å². The third-order valence-corrected chi connectivity index (χ3v) is 12.3. The molecule has 10 aromatic rings. The van der Waals surface area contributed by atoms with Gasteiger partial charge in [0.15, 0.2) is 0 Å². The van der Waals surface area contributed by atoms with Gasteiger partial charge in [0, 0.05) is 11.4 Å². The van der Waals surface area contributed by atoms with Crippen LogP contribution in [0.1, 0.15) is 22.3 Å². The van der Waals surface area contributed by atoms with E-state index in [1.165, 1.54) is 76.8 Å². The van der Waals surface area contributed by atoms with Gasteiger partial charge in [-0.15, -0.1) is 0 Å². The Morgan fingerprint density at radius 2 is 0.683 bits per heavy atom. The molecule has 0 saturated heterocycles. The number of anilines is 6. The molecule has 0 unspecified atom stereocenters. The summed E-state index contributed by atoms with van der Waals surface area (Å²) in [6, 6.07) is 75.7. The van der Waals surface area contributed by atoms with E-state index in [4.69, 9.17) is 0 Å². The van der Waals surface area contributed by atoms with Gasteiger partial charge in [-0.1, -0.05) is 182 Å². The highest BCUT2D eigenvalue weighted by atomic mass is 15.2. The average molecular weight is 763 g/mol. The molecule has 10 aromatic carbocycles. The molecule has 0 aliphatic carbocycles. The highest BCUT2D eigenvalue weighted by molar-refractivity contribution is 6.24. The zero-order chi connectivity index (χ0) is 39.6. The minimum atomic E-state index is 1.11. The van der Waals surface area contributed by atoms with Crippen LogP contribution in [-0.4, -0.2) is 0 Å². The van der Waals surface area contributed by atoms with Crippen LogP contribution in [0.15, 0.2) is 206 Å². The summed E-state index contributed by atoms with van der Waals surface area (Å²) in [4.78, 5) is 4.88. The fourth-order valence-electron chi connectivity index (χ4n) is 9.64. The number of rotatable bonds is 4. The van der Waals surface area contributed by atoms with Gasteiger partial charge in [-0.05, 0) is 125 Å². The molecule has 0 amide bonds. The van der Waals surface area contributed by atoms with Crippen molar-refractivity contribution in [1.29, 1.82) is 0 Å². The molecule has 0 N–H and O–H groups in total. The SMILES string of the molecule is C1=Cc2ccccc2N(c2ccc3c(-c4cccc5ccccc45)c4ccc(N5c6ccccc6C=Cc6ccccc65)cc4c(-c4ccccc4)c3c2)c2ccccc21. The van der Waals surface area contributed by atoms with Gasteiger partial charge in [0.25, 0.3) is 0 Å². The fourth-order valence-corrected chi connectivity index (χ4v) is 9.64. The predicted octanol–water partition coefficient (Wildman–Crippen LogP) is 16.4. The van der Waals surface area contributed by atoms with Crippen LogP contribution in [0.3, 0.4) is 0 Å². The molecular weight excluding hydrogens is 725 g/mol. The first kappa shape index (κ1) is 34.1. The molecule has 0 bridgehead atoms. The standard InChI is InChI=1S/C58H38N2/c1-2-20-44(21-3-1)57-51-37-45(59-53-25-10-5-16-40(53)29-30-41-17-6-11-26-54(41)59)33-35-49(51)58(48-24-14-22-39-15-4-9-23-47(39)48)50-36-34-46(38-52(50)57)60-55-27-12-7-18-42(55)31-32-43-19-8-13-28-56(43)60/h1-38H. The Bertz CT molecular complexity index is 3120. The Kier molecular flexibility index (Phi) is 7.89. The van der Waals surface area contributed by atoms with E-state index >= 15 is 0 Å². The zero-order valence-corrected chi connectivity index (χ0v) is 32.8. The quantitative estimate of drug-likeness (QED) is 0.165. The van der Waals surface area contributed by atoms with E-state index in [1.54, 1.807) is 0 Å². The molecule has 2 heteroatoms. The summed E-state index contributed by atoms with van der Waals surface area (Å²) in [5.74, 6) is 0. The van der Waals surface area contributed by atoms with Crippen LogP contribution in [-0.2, 0) is 0 Å². The number of hydrogen-bond donors (Lipinski definition) is 0. The Morgan fingerprint density at radius 3 is 1.18 bits per heavy atom. The van der Waals surface area contributed by atoms with Gasteiger partial charge in [-0.3, -0.25) is 0 Å². The van der Waals surface area contributed by atoms with Crippen LogP contribution in [0.2, 0.25) is 0 Å². The van der Waals surface area contributed by atoms with Gasteiger partial charge in [-0.25, -0.2) is 0 Å². The van der Waals surface area contributed by atoms with E-state index in [1.807, 2.05) is 0 Å². The third-order valence-electron chi connectivity index (χ3n) is 12.3. The summed E-state index contributed by atoms with van der Waals surface area (Å²) in [5, 5.41) is 7.32. The number of benzene rings is 10. The number of fused-ring (bicyclic) bond motifs is 7.